The van der Waals surface area contributed by atoms with Crippen LogP contribution in [0.3, 0.4) is 0 Å². The van der Waals surface area contributed by atoms with E-state index in [1.165, 1.54) is 4.40 Å². The first-order chi connectivity index (χ1) is 17.3. The van der Waals surface area contributed by atoms with Crippen LogP contribution in [0.15, 0.2) is 77.7 Å². The van der Waals surface area contributed by atoms with Crippen molar-refractivity contribution in [3.8, 4) is 22.7 Å². The second kappa shape index (κ2) is 9.26. The normalized spacial score (nSPS) is 11.1. The molecule has 0 N–H and O–H groups in total. The van der Waals surface area contributed by atoms with Crippen molar-refractivity contribution in [3.05, 3.63) is 111 Å². The first kappa shape index (κ1) is 23.2. The molecule has 0 fully saturated rings. The van der Waals surface area contributed by atoms with Gasteiger partial charge in [0, 0.05) is 17.5 Å². The molecule has 5 aromatic rings. The van der Waals surface area contributed by atoms with Crippen molar-refractivity contribution >= 4 is 11.4 Å². The number of carbonyl (C=O) groups is 1. The quantitative estimate of drug-likeness (QED) is 0.320. The standard InChI is InChI=1S/C29H26N4O3/c1-18-7-11-22(12-8-18)25(34)17-36-26-6-5-15-32-28(26)30-21(4)27(29(32)35)24-16-20(3)33(31-24)23-13-9-19(2)10-14-23/h5-16H,17H2,1-4H3. The Morgan fingerprint density at radius 3 is 2.28 bits per heavy atom. The van der Waals surface area contributed by atoms with Crippen LogP contribution in [-0.4, -0.2) is 31.6 Å². The van der Waals surface area contributed by atoms with E-state index in [1.807, 2.05) is 67.9 Å². The van der Waals surface area contributed by atoms with Gasteiger partial charge in [-0.05, 0) is 58.0 Å². The van der Waals surface area contributed by atoms with Crippen molar-refractivity contribution in [1.29, 1.82) is 0 Å². The van der Waals surface area contributed by atoms with Gasteiger partial charge in [-0.1, -0.05) is 47.5 Å². The molecule has 7 heteroatoms. The molecule has 7 nitrogen and oxygen atoms in total. The number of ether oxygens (including phenoxy) is 1. The van der Waals surface area contributed by atoms with E-state index in [0.29, 0.717) is 33.9 Å². The summed E-state index contributed by atoms with van der Waals surface area (Å²) in [6.07, 6.45) is 1.64. The van der Waals surface area contributed by atoms with Gasteiger partial charge in [-0.15, -0.1) is 0 Å². The van der Waals surface area contributed by atoms with Gasteiger partial charge in [0.2, 0.25) is 0 Å². The second-order valence-electron chi connectivity index (χ2n) is 8.94. The predicted octanol–water partition coefficient (Wildman–Crippen LogP) is 5.04. The van der Waals surface area contributed by atoms with E-state index < -0.39 is 0 Å². The maximum Gasteiger partial charge on any atom is 0.267 e. The Kier molecular flexibility index (Phi) is 5.98. The average Bonchev–Trinajstić information content (AvgIpc) is 3.24. The minimum absolute atomic E-state index is 0.148. The molecule has 0 atom stereocenters. The third-order valence-electron chi connectivity index (χ3n) is 6.15. The average molecular weight is 479 g/mol. The summed E-state index contributed by atoms with van der Waals surface area (Å²) in [5.41, 5.74) is 6.27. The molecule has 5 rings (SSSR count). The van der Waals surface area contributed by atoms with Gasteiger partial charge in [0.25, 0.3) is 5.56 Å². The number of aromatic nitrogens is 4. The van der Waals surface area contributed by atoms with Gasteiger partial charge < -0.3 is 4.74 Å². The highest BCUT2D eigenvalue weighted by Gasteiger charge is 2.19. The molecule has 0 bridgehead atoms. The van der Waals surface area contributed by atoms with Crippen molar-refractivity contribution in [3.63, 3.8) is 0 Å². The van der Waals surface area contributed by atoms with E-state index in [4.69, 9.17) is 9.84 Å². The Morgan fingerprint density at radius 2 is 1.58 bits per heavy atom. The number of hydrogen-bond donors (Lipinski definition) is 0. The fourth-order valence-electron chi connectivity index (χ4n) is 4.16. The number of ketones is 1. The van der Waals surface area contributed by atoms with Gasteiger partial charge in [-0.3, -0.25) is 14.0 Å². The molecule has 0 aliphatic rings. The van der Waals surface area contributed by atoms with Crippen molar-refractivity contribution in [2.24, 2.45) is 0 Å². The fourth-order valence-corrected chi connectivity index (χ4v) is 4.16. The molecular weight excluding hydrogens is 452 g/mol. The summed E-state index contributed by atoms with van der Waals surface area (Å²) < 4.78 is 9.08. The molecule has 36 heavy (non-hydrogen) atoms. The smallest absolute Gasteiger partial charge is 0.267 e. The van der Waals surface area contributed by atoms with Crippen LogP contribution in [0, 0.1) is 27.7 Å². The lowest BCUT2D eigenvalue weighted by Crippen LogP contribution is -2.20. The summed E-state index contributed by atoms with van der Waals surface area (Å²) in [5.74, 6) is 0.218. The molecule has 0 aliphatic heterocycles. The highest BCUT2D eigenvalue weighted by molar-refractivity contribution is 5.97. The van der Waals surface area contributed by atoms with Crippen molar-refractivity contribution in [2.45, 2.75) is 27.7 Å². The van der Waals surface area contributed by atoms with Crippen LogP contribution in [0.5, 0.6) is 5.75 Å². The van der Waals surface area contributed by atoms with Crippen LogP contribution < -0.4 is 10.3 Å². The number of pyridine rings is 1. The summed E-state index contributed by atoms with van der Waals surface area (Å²) in [6, 6.07) is 20.7. The van der Waals surface area contributed by atoms with Crippen LogP contribution in [-0.2, 0) is 0 Å². The number of hydrogen-bond acceptors (Lipinski definition) is 5. The number of rotatable bonds is 6. The molecule has 2 aromatic carbocycles. The summed E-state index contributed by atoms with van der Waals surface area (Å²) in [7, 11) is 0. The molecule has 0 aliphatic carbocycles. The van der Waals surface area contributed by atoms with Crippen LogP contribution >= 0.6 is 0 Å². The molecule has 0 saturated carbocycles. The Bertz CT molecular complexity index is 1650. The van der Waals surface area contributed by atoms with Gasteiger partial charge in [-0.25, -0.2) is 9.67 Å². The lowest BCUT2D eigenvalue weighted by Gasteiger charge is -2.11. The number of benzene rings is 2. The SMILES string of the molecule is Cc1ccc(C(=O)COc2cccn3c(=O)c(-c4cc(C)n(-c5ccc(C)cc5)n4)c(C)nc23)cc1. The minimum atomic E-state index is -0.249. The van der Waals surface area contributed by atoms with Crippen molar-refractivity contribution in [1.82, 2.24) is 19.2 Å². The first-order valence-electron chi connectivity index (χ1n) is 11.7. The highest BCUT2D eigenvalue weighted by Crippen LogP contribution is 2.24. The number of fused-ring (bicyclic) bond motifs is 1. The van der Waals surface area contributed by atoms with E-state index in [2.05, 4.69) is 4.98 Å². The second-order valence-corrected chi connectivity index (χ2v) is 8.94. The van der Waals surface area contributed by atoms with Gasteiger partial charge in [0.05, 0.1) is 16.9 Å². The fraction of sp³-hybridized carbons (Fsp3) is 0.172. The zero-order valence-electron chi connectivity index (χ0n) is 20.6. The van der Waals surface area contributed by atoms with Gasteiger partial charge in [-0.2, -0.15) is 5.10 Å². The Hall–Kier alpha value is -4.52. The van der Waals surface area contributed by atoms with E-state index >= 15 is 0 Å². The summed E-state index contributed by atoms with van der Waals surface area (Å²) in [6.45, 7) is 7.58. The molecule has 0 spiro atoms. The number of nitrogens with zero attached hydrogens (tertiary/aromatic N) is 4. The van der Waals surface area contributed by atoms with Gasteiger partial charge in [0.1, 0.15) is 5.69 Å². The van der Waals surface area contributed by atoms with Crippen molar-refractivity contribution in [2.75, 3.05) is 6.61 Å². The highest BCUT2D eigenvalue weighted by atomic mass is 16.5. The number of carbonyl (C=O) groups excluding carboxylic acids is 1. The monoisotopic (exact) mass is 478 g/mol. The molecule has 3 aromatic heterocycles. The molecule has 0 saturated heterocycles. The van der Waals surface area contributed by atoms with E-state index in [1.54, 1.807) is 37.4 Å². The van der Waals surface area contributed by atoms with Crippen LogP contribution in [0.25, 0.3) is 22.6 Å². The Balaban J connectivity index is 1.49. The van der Waals surface area contributed by atoms with Crippen molar-refractivity contribution < 1.29 is 9.53 Å². The zero-order valence-corrected chi connectivity index (χ0v) is 20.6. The molecule has 3 heterocycles. The summed E-state index contributed by atoms with van der Waals surface area (Å²) >= 11 is 0. The maximum atomic E-state index is 13.5. The molecule has 180 valence electrons. The van der Waals surface area contributed by atoms with E-state index in [9.17, 15) is 9.59 Å². The van der Waals surface area contributed by atoms with Gasteiger partial charge >= 0.3 is 0 Å². The third kappa shape index (κ3) is 4.31. The predicted molar refractivity (Wildman–Crippen MR) is 139 cm³/mol. The molecule has 0 radical (unpaired) electrons. The molecule has 0 unspecified atom stereocenters. The lowest BCUT2D eigenvalue weighted by atomic mass is 10.1. The maximum absolute atomic E-state index is 13.5. The summed E-state index contributed by atoms with van der Waals surface area (Å²) in [5, 5.41) is 4.72. The Morgan fingerprint density at radius 1 is 0.917 bits per heavy atom. The van der Waals surface area contributed by atoms with Gasteiger partial charge in [0.15, 0.2) is 23.8 Å². The number of aryl methyl sites for hydroxylation is 4. The third-order valence-corrected chi connectivity index (χ3v) is 6.15. The minimum Gasteiger partial charge on any atom is -0.482 e. The van der Waals surface area contributed by atoms with E-state index in [-0.39, 0.29) is 17.9 Å². The van der Waals surface area contributed by atoms with Crippen LogP contribution in [0.1, 0.15) is 32.9 Å². The topological polar surface area (TPSA) is 78.5 Å². The lowest BCUT2D eigenvalue weighted by molar-refractivity contribution is 0.0922. The molecular formula is C29H26N4O3. The first-order valence-corrected chi connectivity index (χ1v) is 11.7. The number of Topliss-reactive ketones (excluding diaryl/α,β-unsaturated/α-hetero) is 1. The Labute approximate surface area is 208 Å². The summed E-state index contributed by atoms with van der Waals surface area (Å²) in [4.78, 5) is 30.8. The zero-order chi connectivity index (χ0) is 25.4. The molecule has 0 amide bonds. The van der Waals surface area contributed by atoms with Crippen LogP contribution in [0.2, 0.25) is 0 Å². The largest absolute Gasteiger partial charge is 0.482 e. The van der Waals surface area contributed by atoms with E-state index in [0.717, 1.165) is 22.5 Å². The van der Waals surface area contributed by atoms with Crippen LogP contribution in [0.4, 0.5) is 0 Å².